The zero-order valence-corrected chi connectivity index (χ0v) is 13.1. The average molecular weight is 325 g/mol. The molecule has 0 saturated heterocycles. The molecular formula is C16H13ClN6. The van der Waals surface area contributed by atoms with Gasteiger partial charge < -0.3 is 0 Å². The van der Waals surface area contributed by atoms with Crippen molar-refractivity contribution in [3.05, 3.63) is 53.2 Å². The van der Waals surface area contributed by atoms with Crippen molar-refractivity contribution in [1.29, 1.82) is 0 Å². The van der Waals surface area contributed by atoms with Gasteiger partial charge in [0, 0.05) is 18.0 Å². The van der Waals surface area contributed by atoms with Gasteiger partial charge in [-0.1, -0.05) is 23.7 Å². The van der Waals surface area contributed by atoms with E-state index in [2.05, 4.69) is 27.3 Å². The number of hydrogen-bond acceptors (Lipinski definition) is 4. The smallest absolute Gasteiger partial charge is 0.170 e. The molecule has 0 N–H and O–H groups in total. The molecule has 3 aromatic heterocycles. The molecule has 7 heteroatoms. The lowest BCUT2D eigenvalue weighted by Crippen LogP contribution is -1.95. The first kappa shape index (κ1) is 13.0. The van der Waals surface area contributed by atoms with Gasteiger partial charge in [-0.05, 0) is 30.0 Å². The predicted molar refractivity (Wildman–Crippen MR) is 86.6 cm³/mol. The highest BCUT2D eigenvalue weighted by Crippen LogP contribution is 2.53. The van der Waals surface area contributed by atoms with Crippen LogP contribution in [0.2, 0.25) is 5.02 Å². The maximum atomic E-state index is 5.96. The first-order valence-electron chi connectivity index (χ1n) is 7.49. The molecule has 0 spiro atoms. The van der Waals surface area contributed by atoms with Crippen LogP contribution < -0.4 is 0 Å². The first-order valence-corrected chi connectivity index (χ1v) is 7.87. The third kappa shape index (κ3) is 1.95. The van der Waals surface area contributed by atoms with E-state index < -0.39 is 0 Å². The Bertz CT molecular complexity index is 1030. The summed E-state index contributed by atoms with van der Waals surface area (Å²) in [5, 5.41) is 10.5. The van der Waals surface area contributed by atoms with E-state index in [-0.39, 0.29) is 0 Å². The second-order valence-corrected chi connectivity index (χ2v) is 6.42. The van der Waals surface area contributed by atoms with Crippen molar-refractivity contribution in [3.63, 3.8) is 0 Å². The molecule has 2 unspecified atom stereocenters. The topological polar surface area (TPSA) is 60.9 Å². The second kappa shape index (κ2) is 4.52. The highest BCUT2D eigenvalue weighted by Gasteiger charge is 2.42. The van der Waals surface area contributed by atoms with E-state index in [1.807, 2.05) is 19.2 Å². The van der Waals surface area contributed by atoms with Gasteiger partial charge in [0.2, 0.25) is 0 Å². The van der Waals surface area contributed by atoms with Crippen LogP contribution in [0.3, 0.4) is 0 Å². The lowest BCUT2D eigenvalue weighted by molar-refractivity contribution is 0.781. The highest BCUT2D eigenvalue weighted by atomic mass is 35.5. The third-order valence-corrected chi connectivity index (χ3v) is 4.76. The van der Waals surface area contributed by atoms with Crippen LogP contribution in [-0.4, -0.2) is 29.4 Å². The number of nitrogens with zero attached hydrogens (tertiary/aromatic N) is 6. The first-order chi connectivity index (χ1) is 11.2. The van der Waals surface area contributed by atoms with Gasteiger partial charge in [0.15, 0.2) is 17.1 Å². The lowest BCUT2D eigenvalue weighted by atomic mass is 10.1. The number of rotatable bonds is 2. The summed E-state index contributed by atoms with van der Waals surface area (Å²) in [5.41, 5.74) is 2.93. The molecular weight excluding hydrogens is 312 g/mol. The van der Waals surface area contributed by atoms with Gasteiger partial charge in [0.25, 0.3) is 0 Å². The SMILES string of the molecule is Cn1ncc2c1ncn1nc(C3CC3c3ccc(Cl)cc3)nc21. The molecule has 2 atom stereocenters. The summed E-state index contributed by atoms with van der Waals surface area (Å²) in [6.07, 6.45) is 4.57. The number of benzene rings is 1. The van der Waals surface area contributed by atoms with E-state index >= 15 is 0 Å². The van der Waals surface area contributed by atoms with Crippen molar-refractivity contribution in [1.82, 2.24) is 29.4 Å². The van der Waals surface area contributed by atoms with E-state index in [0.717, 1.165) is 33.9 Å². The van der Waals surface area contributed by atoms with Crippen LogP contribution in [0.1, 0.15) is 29.6 Å². The van der Waals surface area contributed by atoms with Gasteiger partial charge in [-0.25, -0.2) is 14.5 Å². The molecule has 6 nitrogen and oxygen atoms in total. The summed E-state index contributed by atoms with van der Waals surface area (Å²) >= 11 is 5.96. The largest absolute Gasteiger partial charge is 0.250 e. The Kier molecular flexibility index (Phi) is 2.56. The summed E-state index contributed by atoms with van der Waals surface area (Å²) < 4.78 is 3.49. The average Bonchev–Trinajstić information content (AvgIpc) is 3.08. The normalized spacial score (nSPS) is 20.4. The van der Waals surface area contributed by atoms with Gasteiger partial charge in [-0.2, -0.15) is 5.10 Å². The Balaban J connectivity index is 1.54. The molecule has 114 valence electrons. The maximum Gasteiger partial charge on any atom is 0.170 e. The lowest BCUT2D eigenvalue weighted by Gasteiger charge is -1.98. The fraction of sp³-hybridized carbons (Fsp3) is 0.250. The molecule has 1 aliphatic rings. The van der Waals surface area contributed by atoms with Gasteiger partial charge in [-0.15, -0.1) is 5.10 Å². The second-order valence-electron chi connectivity index (χ2n) is 5.99. The minimum absolute atomic E-state index is 0.364. The minimum atomic E-state index is 0.364. The fourth-order valence-corrected chi connectivity index (χ4v) is 3.30. The third-order valence-electron chi connectivity index (χ3n) is 4.51. The number of halogens is 1. The summed E-state index contributed by atoms with van der Waals surface area (Å²) in [7, 11) is 1.88. The van der Waals surface area contributed by atoms with Gasteiger partial charge in [-0.3, -0.25) is 4.68 Å². The van der Waals surface area contributed by atoms with Crippen LogP contribution >= 0.6 is 11.6 Å². The van der Waals surface area contributed by atoms with Crippen LogP contribution in [0.15, 0.2) is 36.8 Å². The van der Waals surface area contributed by atoms with Crippen LogP contribution in [0, 0.1) is 0 Å². The van der Waals surface area contributed by atoms with Crippen LogP contribution in [-0.2, 0) is 7.05 Å². The van der Waals surface area contributed by atoms with Crippen molar-refractivity contribution in [2.75, 3.05) is 0 Å². The Morgan fingerprint density at radius 3 is 2.78 bits per heavy atom. The van der Waals surface area contributed by atoms with Gasteiger partial charge in [0.1, 0.15) is 6.33 Å². The monoisotopic (exact) mass is 324 g/mol. The highest BCUT2D eigenvalue weighted by molar-refractivity contribution is 6.30. The molecule has 0 amide bonds. The standard InChI is InChI=1S/C16H13ClN6/c1-22-15-13(7-19-22)16-20-14(21-23(16)8-18-15)12-6-11(12)9-2-4-10(17)5-3-9/h2-5,7-8,11-12H,6H2,1H3. The molecule has 1 aromatic carbocycles. The molecule has 0 aliphatic heterocycles. The minimum Gasteiger partial charge on any atom is -0.250 e. The van der Waals surface area contributed by atoms with E-state index in [9.17, 15) is 0 Å². The Morgan fingerprint density at radius 1 is 1.13 bits per heavy atom. The van der Waals surface area contributed by atoms with Crippen LogP contribution in [0.4, 0.5) is 0 Å². The van der Waals surface area contributed by atoms with E-state index in [0.29, 0.717) is 11.8 Å². The Hall–Kier alpha value is -2.47. The molecule has 1 saturated carbocycles. The summed E-state index contributed by atoms with van der Waals surface area (Å²) in [6.45, 7) is 0. The van der Waals surface area contributed by atoms with Crippen LogP contribution in [0.5, 0.6) is 0 Å². The number of aryl methyl sites for hydroxylation is 1. The van der Waals surface area contributed by atoms with Crippen molar-refractivity contribution < 1.29 is 0 Å². The number of fused-ring (bicyclic) bond motifs is 3. The van der Waals surface area contributed by atoms with Crippen LogP contribution in [0.25, 0.3) is 16.7 Å². The van der Waals surface area contributed by atoms with Crippen molar-refractivity contribution >= 4 is 28.3 Å². The molecule has 1 aliphatic carbocycles. The maximum absolute atomic E-state index is 5.96. The van der Waals surface area contributed by atoms with E-state index in [1.165, 1.54) is 5.56 Å². The molecule has 1 fully saturated rings. The molecule has 0 radical (unpaired) electrons. The van der Waals surface area contributed by atoms with Crippen molar-refractivity contribution in [2.24, 2.45) is 7.05 Å². The molecule has 0 bridgehead atoms. The molecule has 23 heavy (non-hydrogen) atoms. The van der Waals surface area contributed by atoms with Crippen molar-refractivity contribution in [2.45, 2.75) is 18.3 Å². The molecule has 4 aromatic rings. The Morgan fingerprint density at radius 2 is 1.96 bits per heavy atom. The number of hydrogen-bond donors (Lipinski definition) is 0. The van der Waals surface area contributed by atoms with E-state index in [4.69, 9.17) is 16.6 Å². The molecule has 5 rings (SSSR count). The zero-order chi connectivity index (χ0) is 15.6. The summed E-state index contributed by atoms with van der Waals surface area (Å²) in [4.78, 5) is 9.14. The number of aromatic nitrogens is 6. The van der Waals surface area contributed by atoms with E-state index in [1.54, 1.807) is 21.7 Å². The summed E-state index contributed by atoms with van der Waals surface area (Å²) in [6, 6.07) is 8.05. The Labute approximate surface area is 136 Å². The van der Waals surface area contributed by atoms with Gasteiger partial charge in [0.05, 0.1) is 11.6 Å². The fourth-order valence-electron chi connectivity index (χ4n) is 3.17. The zero-order valence-electron chi connectivity index (χ0n) is 12.4. The summed E-state index contributed by atoms with van der Waals surface area (Å²) in [5.74, 6) is 1.72. The predicted octanol–water partition coefficient (Wildman–Crippen LogP) is 2.94. The molecule has 3 heterocycles. The van der Waals surface area contributed by atoms with Crippen molar-refractivity contribution in [3.8, 4) is 0 Å². The van der Waals surface area contributed by atoms with Gasteiger partial charge >= 0.3 is 0 Å². The quantitative estimate of drug-likeness (QED) is 0.569.